The molecule has 3 fully saturated rings. The van der Waals surface area contributed by atoms with E-state index < -0.39 is 0 Å². The number of amides is 1. The molecule has 2 aliphatic carbocycles. The van der Waals surface area contributed by atoms with Crippen molar-refractivity contribution in [3.63, 3.8) is 0 Å². The fraction of sp³-hybridized carbons (Fsp3) is 0.933. The van der Waals surface area contributed by atoms with Crippen LogP contribution in [0.3, 0.4) is 0 Å². The third-order valence-electron chi connectivity index (χ3n) is 5.25. The van der Waals surface area contributed by atoms with Crippen molar-refractivity contribution in [2.45, 2.75) is 38.5 Å². The number of hydrogen-bond acceptors (Lipinski definition) is 2. The molecule has 102 valence electrons. The average Bonchev–Trinajstić information content (AvgIpc) is 3.13. The van der Waals surface area contributed by atoms with E-state index in [1.807, 2.05) is 11.9 Å². The minimum Gasteiger partial charge on any atom is -0.345 e. The molecular weight excluding hydrogens is 224 g/mol. The first kappa shape index (κ1) is 12.5. The van der Waals surface area contributed by atoms with Gasteiger partial charge in [-0.25, -0.2) is 0 Å². The van der Waals surface area contributed by atoms with Crippen molar-refractivity contribution >= 4 is 5.91 Å². The number of hydrogen-bond donors (Lipinski definition) is 1. The molecule has 2 saturated carbocycles. The molecule has 0 aromatic rings. The number of carbonyl (C=O) groups excluding carboxylic acids is 1. The lowest BCUT2D eigenvalue weighted by molar-refractivity contribution is -0.132. The predicted octanol–water partition coefficient (Wildman–Crippen LogP) is 1.88. The van der Waals surface area contributed by atoms with Crippen molar-refractivity contribution in [2.24, 2.45) is 23.7 Å². The number of carbonyl (C=O) groups is 1. The molecule has 3 rings (SSSR count). The quantitative estimate of drug-likeness (QED) is 0.829. The Hall–Kier alpha value is -0.570. The van der Waals surface area contributed by atoms with Crippen molar-refractivity contribution in [2.75, 3.05) is 26.7 Å². The van der Waals surface area contributed by atoms with Crippen LogP contribution < -0.4 is 5.32 Å². The predicted molar refractivity (Wildman–Crippen MR) is 72.2 cm³/mol. The van der Waals surface area contributed by atoms with Crippen LogP contribution in [0.25, 0.3) is 0 Å². The Bertz CT molecular complexity index is 300. The summed E-state index contributed by atoms with van der Waals surface area (Å²) in [6.07, 6.45) is 7.85. The largest absolute Gasteiger partial charge is 0.345 e. The maximum Gasteiger partial charge on any atom is 0.226 e. The van der Waals surface area contributed by atoms with Gasteiger partial charge in [-0.15, -0.1) is 0 Å². The van der Waals surface area contributed by atoms with E-state index in [0.29, 0.717) is 17.7 Å². The zero-order chi connectivity index (χ0) is 12.5. The van der Waals surface area contributed by atoms with Crippen LogP contribution in [-0.2, 0) is 4.79 Å². The van der Waals surface area contributed by atoms with Gasteiger partial charge in [-0.3, -0.25) is 4.79 Å². The molecule has 1 aliphatic heterocycles. The summed E-state index contributed by atoms with van der Waals surface area (Å²) in [5.74, 6) is 3.01. The van der Waals surface area contributed by atoms with Crippen molar-refractivity contribution in [1.82, 2.24) is 10.2 Å². The molecule has 1 amide bonds. The molecule has 18 heavy (non-hydrogen) atoms. The molecule has 1 saturated heterocycles. The minimum absolute atomic E-state index is 0.397. The fourth-order valence-electron chi connectivity index (χ4n) is 4.17. The van der Waals surface area contributed by atoms with E-state index >= 15 is 0 Å². The Kier molecular flexibility index (Phi) is 3.60. The highest BCUT2D eigenvalue weighted by molar-refractivity contribution is 5.82. The van der Waals surface area contributed by atoms with Crippen LogP contribution in [0, 0.1) is 23.7 Å². The summed E-state index contributed by atoms with van der Waals surface area (Å²) in [6.45, 7) is 3.21. The Labute approximate surface area is 110 Å². The number of nitrogens with zero attached hydrogens (tertiary/aromatic N) is 1. The van der Waals surface area contributed by atoms with Gasteiger partial charge in [-0.05, 0) is 56.5 Å². The van der Waals surface area contributed by atoms with Crippen LogP contribution in [0.15, 0.2) is 0 Å². The molecule has 3 heteroatoms. The lowest BCUT2D eigenvalue weighted by Crippen LogP contribution is -2.40. The number of piperidine rings is 1. The van der Waals surface area contributed by atoms with Gasteiger partial charge in [0.15, 0.2) is 0 Å². The molecule has 0 aromatic carbocycles. The fourth-order valence-corrected chi connectivity index (χ4v) is 4.17. The van der Waals surface area contributed by atoms with Gasteiger partial charge >= 0.3 is 0 Å². The number of rotatable bonds is 3. The molecule has 0 bridgehead atoms. The third-order valence-corrected chi connectivity index (χ3v) is 5.25. The molecular formula is C15H26N2O. The summed E-state index contributed by atoms with van der Waals surface area (Å²) in [5.41, 5.74) is 0. The standard InChI is InChI=1S/C15H26N2O/c1-17(10-11-5-4-8-16-9-11)15(18)14-12-6-2-3-7-13(12)14/h11-14,16H,2-10H2,1H3. The highest BCUT2D eigenvalue weighted by Gasteiger charge is 2.55. The highest BCUT2D eigenvalue weighted by Crippen LogP contribution is 2.56. The highest BCUT2D eigenvalue weighted by atomic mass is 16.2. The zero-order valence-corrected chi connectivity index (χ0v) is 11.5. The van der Waals surface area contributed by atoms with Gasteiger partial charge in [0, 0.05) is 19.5 Å². The second kappa shape index (κ2) is 5.20. The first-order chi connectivity index (χ1) is 8.77. The van der Waals surface area contributed by atoms with Crippen molar-refractivity contribution in [3.05, 3.63) is 0 Å². The van der Waals surface area contributed by atoms with Gasteiger partial charge in [-0.1, -0.05) is 12.8 Å². The lowest BCUT2D eigenvalue weighted by Gasteiger charge is -2.28. The minimum atomic E-state index is 0.397. The maximum atomic E-state index is 12.5. The van der Waals surface area contributed by atoms with Crippen LogP contribution in [-0.4, -0.2) is 37.5 Å². The summed E-state index contributed by atoms with van der Waals surface area (Å²) in [7, 11) is 2.02. The first-order valence-electron chi connectivity index (χ1n) is 7.73. The normalized spacial score (nSPS) is 38.9. The number of nitrogens with one attached hydrogen (secondary N) is 1. The maximum absolute atomic E-state index is 12.5. The number of fused-ring (bicyclic) bond motifs is 1. The SMILES string of the molecule is CN(CC1CCCNC1)C(=O)C1C2CCCCC21. The zero-order valence-electron chi connectivity index (χ0n) is 11.5. The van der Waals surface area contributed by atoms with Gasteiger partial charge in [0.2, 0.25) is 5.91 Å². The van der Waals surface area contributed by atoms with E-state index in [2.05, 4.69) is 5.32 Å². The van der Waals surface area contributed by atoms with Gasteiger partial charge in [0.05, 0.1) is 0 Å². The van der Waals surface area contributed by atoms with E-state index in [1.165, 1.54) is 38.5 Å². The Morgan fingerprint density at radius 3 is 2.50 bits per heavy atom. The topological polar surface area (TPSA) is 32.3 Å². The van der Waals surface area contributed by atoms with E-state index in [1.54, 1.807) is 0 Å². The first-order valence-corrected chi connectivity index (χ1v) is 7.73. The van der Waals surface area contributed by atoms with Crippen molar-refractivity contribution in [1.29, 1.82) is 0 Å². The van der Waals surface area contributed by atoms with Gasteiger partial charge in [0.1, 0.15) is 0 Å². The Balaban J connectivity index is 1.49. The summed E-state index contributed by atoms with van der Waals surface area (Å²) >= 11 is 0. The van der Waals surface area contributed by atoms with Crippen LogP contribution in [0.1, 0.15) is 38.5 Å². The van der Waals surface area contributed by atoms with Crippen molar-refractivity contribution < 1.29 is 4.79 Å². The molecule has 1 heterocycles. The molecule has 3 aliphatic rings. The third kappa shape index (κ3) is 2.42. The Morgan fingerprint density at radius 2 is 1.89 bits per heavy atom. The second-order valence-corrected chi connectivity index (χ2v) is 6.57. The second-order valence-electron chi connectivity index (χ2n) is 6.57. The van der Waals surface area contributed by atoms with Crippen LogP contribution in [0.2, 0.25) is 0 Å². The van der Waals surface area contributed by atoms with E-state index in [-0.39, 0.29) is 0 Å². The smallest absolute Gasteiger partial charge is 0.226 e. The summed E-state index contributed by atoms with van der Waals surface area (Å²) in [4.78, 5) is 14.5. The molecule has 3 unspecified atom stereocenters. The molecule has 1 N–H and O–H groups in total. The van der Waals surface area contributed by atoms with Gasteiger partial charge in [-0.2, -0.15) is 0 Å². The van der Waals surface area contributed by atoms with E-state index in [4.69, 9.17) is 0 Å². The van der Waals surface area contributed by atoms with Crippen molar-refractivity contribution in [3.8, 4) is 0 Å². The summed E-state index contributed by atoms with van der Waals surface area (Å²) in [6, 6.07) is 0. The van der Waals surface area contributed by atoms with Crippen LogP contribution >= 0.6 is 0 Å². The Morgan fingerprint density at radius 1 is 1.17 bits per heavy atom. The van der Waals surface area contributed by atoms with Crippen LogP contribution in [0.4, 0.5) is 0 Å². The molecule has 0 radical (unpaired) electrons. The van der Waals surface area contributed by atoms with E-state index in [9.17, 15) is 4.79 Å². The molecule has 0 aromatic heterocycles. The molecule has 3 nitrogen and oxygen atoms in total. The van der Waals surface area contributed by atoms with E-state index in [0.717, 1.165) is 31.5 Å². The van der Waals surface area contributed by atoms with Crippen LogP contribution in [0.5, 0.6) is 0 Å². The lowest BCUT2D eigenvalue weighted by atomic mass is 9.99. The monoisotopic (exact) mass is 250 g/mol. The van der Waals surface area contributed by atoms with Gasteiger partial charge < -0.3 is 10.2 Å². The summed E-state index contributed by atoms with van der Waals surface area (Å²) < 4.78 is 0. The van der Waals surface area contributed by atoms with Gasteiger partial charge in [0.25, 0.3) is 0 Å². The average molecular weight is 250 g/mol. The molecule has 3 atom stereocenters. The summed E-state index contributed by atoms with van der Waals surface area (Å²) in [5, 5.41) is 3.44. The molecule has 0 spiro atoms.